The van der Waals surface area contributed by atoms with Crippen LogP contribution < -0.4 is 16.0 Å². The zero-order valence-electron chi connectivity index (χ0n) is 12.3. The van der Waals surface area contributed by atoms with E-state index >= 15 is 0 Å². The summed E-state index contributed by atoms with van der Waals surface area (Å²) in [5, 5.41) is 8.30. The normalized spacial score (nSPS) is 21.4. The van der Waals surface area contributed by atoms with Crippen LogP contribution in [0.25, 0.3) is 0 Å². The Hall–Kier alpha value is -2.11. The van der Waals surface area contributed by atoms with Gasteiger partial charge < -0.3 is 16.0 Å². The van der Waals surface area contributed by atoms with Crippen LogP contribution >= 0.6 is 0 Å². The van der Waals surface area contributed by atoms with Gasteiger partial charge in [-0.2, -0.15) is 0 Å². The Bertz CT molecular complexity index is 470. The van der Waals surface area contributed by atoms with Gasteiger partial charge in [0.25, 0.3) is 0 Å². The number of carbonyl (C=O) groups excluding carboxylic acids is 2. The molecule has 1 aromatic rings. The molecule has 0 unspecified atom stereocenters. The Balaban J connectivity index is 1.73. The van der Waals surface area contributed by atoms with E-state index in [9.17, 15) is 9.59 Å². The number of nitrogens with one attached hydrogen (secondary N) is 3. The van der Waals surface area contributed by atoms with Crippen molar-refractivity contribution in [1.82, 2.24) is 15.6 Å². The second kappa shape index (κ2) is 7.61. The monoisotopic (exact) mass is 290 g/mol. The summed E-state index contributed by atoms with van der Waals surface area (Å²) in [6.45, 7) is 0.679. The van der Waals surface area contributed by atoms with Crippen molar-refractivity contribution in [3.63, 3.8) is 0 Å². The minimum Gasteiger partial charge on any atom is -0.341 e. The second-order valence-corrected chi connectivity index (χ2v) is 5.40. The van der Waals surface area contributed by atoms with E-state index in [2.05, 4.69) is 20.9 Å². The van der Waals surface area contributed by atoms with Gasteiger partial charge in [0.05, 0.1) is 0 Å². The van der Waals surface area contributed by atoms with Crippen LogP contribution in [0.2, 0.25) is 0 Å². The maximum absolute atomic E-state index is 12.2. The first-order chi connectivity index (χ1) is 10.2. The third kappa shape index (κ3) is 4.73. The van der Waals surface area contributed by atoms with E-state index in [-0.39, 0.29) is 17.9 Å². The molecule has 0 aliphatic heterocycles. The number of amides is 3. The highest BCUT2D eigenvalue weighted by Crippen LogP contribution is 2.29. The minimum absolute atomic E-state index is 0.0643. The van der Waals surface area contributed by atoms with Crippen LogP contribution in [-0.2, 0) is 4.79 Å². The van der Waals surface area contributed by atoms with Gasteiger partial charge in [0.2, 0.25) is 5.91 Å². The molecule has 2 rings (SSSR count). The van der Waals surface area contributed by atoms with Crippen molar-refractivity contribution in [3.8, 4) is 0 Å². The van der Waals surface area contributed by atoms with E-state index in [1.165, 1.54) is 0 Å². The molecule has 1 aromatic heterocycles. The molecular weight excluding hydrogens is 268 g/mol. The van der Waals surface area contributed by atoms with E-state index in [4.69, 9.17) is 0 Å². The van der Waals surface area contributed by atoms with Gasteiger partial charge in [-0.25, -0.2) is 4.79 Å². The number of pyridine rings is 1. The minimum atomic E-state index is -0.146. The van der Waals surface area contributed by atoms with Crippen molar-refractivity contribution in [1.29, 1.82) is 0 Å². The molecule has 0 radical (unpaired) electrons. The maximum atomic E-state index is 12.2. The number of anilines is 1. The number of nitrogens with zero attached hydrogens (tertiary/aromatic N) is 1. The Labute approximate surface area is 124 Å². The van der Waals surface area contributed by atoms with Gasteiger partial charge in [-0.3, -0.25) is 9.78 Å². The molecule has 0 aromatic carbocycles. The Morgan fingerprint density at radius 1 is 1.19 bits per heavy atom. The molecule has 1 aliphatic rings. The predicted molar refractivity (Wildman–Crippen MR) is 80.8 cm³/mol. The fourth-order valence-electron chi connectivity index (χ4n) is 2.63. The fraction of sp³-hybridized carbons (Fsp3) is 0.533. The highest BCUT2D eigenvalue weighted by atomic mass is 16.2. The molecule has 21 heavy (non-hydrogen) atoms. The van der Waals surface area contributed by atoms with Crippen LogP contribution in [0.15, 0.2) is 24.5 Å². The van der Waals surface area contributed by atoms with Crippen molar-refractivity contribution < 1.29 is 9.59 Å². The van der Waals surface area contributed by atoms with E-state index in [0.717, 1.165) is 31.4 Å². The van der Waals surface area contributed by atoms with Crippen LogP contribution in [0.5, 0.6) is 0 Å². The lowest BCUT2D eigenvalue weighted by Crippen LogP contribution is -2.37. The zero-order valence-corrected chi connectivity index (χ0v) is 12.3. The number of carbonyl (C=O) groups is 2. The van der Waals surface area contributed by atoms with Crippen molar-refractivity contribution in [2.24, 2.45) is 11.8 Å². The first kappa shape index (κ1) is 15.3. The van der Waals surface area contributed by atoms with Gasteiger partial charge in [0.15, 0.2) is 0 Å². The molecule has 114 valence electrons. The van der Waals surface area contributed by atoms with Gasteiger partial charge in [-0.05, 0) is 43.7 Å². The lowest BCUT2D eigenvalue weighted by Gasteiger charge is -2.27. The number of hydrogen-bond acceptors (Lipinski definition) is 3. The van der Waals surface area contributed by atoms with Crippen LogP contribution in [-0.4, -0.2) is 30.5 Å². The van der Waals surface area contributed by atoms with Crippen molar-refractivity contribution >= 4 is 17.6 Å². The summed E-state index contributed by atoms with van der Waals surface area (Å²) >= 11 is 0. The first-order valence-electron chi connectivity index (χ1n) is 7.35. The second-order valence-electron chi connectivity index (χ2n) is 5.40. The molecule has 0 saturated heterocycles. The topological polar surface area (TPSA) is 83.1 Å². The molecule has 0 bridgehead atoms. The average Bonchev–Trinajstić information content (AvgIpc) is 2.54. The van der Waals surface area contributed by atoms with E-state index in [0.29, 0.717) is 12.5 Å². The van der Waals surface area contributed by atoms with Crippen molar-refractivity contribution in [3.05, 3.63) is 24.5 Å². The molecule has 0 atom stereocenters. The first-order valence-corrected chi connectivity index (χ1v) is 7.35. The largest absolute Gasteiger partial charge is 0.341 e. The molecule has 1 heterocycles. The third-order valence-corrected chi connectivity index (χ3v) is 3.94. The Kier molecular flexibility index (Phi) is 5.54. The number of rotatable bonds is 4. The van der Waals surface area contributed by atoms with Gasteiger partial charge in [0.1, 0.15) is 0 Å². The number of aromatic nitrogens is 1. The van der Waals surface area contributed by atoms with Gasteiger partial charge >= 0.3 is 6.03 Å². The van der Waals surface area contributed by atoms with E-state index in [1.807, 2.05) is 0 Å². The summed E-state index contributed by atoms with van der Waals surface area (Å²) in [6.07, 6.45) is 7.01. The molecule has 0 spiro atoms. The van der Waals surface area contributed by atoms with Crippen LogP contribution in [0, 0.1) is 11.8 Å². The SMILES string of the molecule is CNC(=O)NCC1CCC(C(=O)Nc2ccncc2)CC1. The smallest absolute Gasteiger partial charge is 0.314 e. The summed E-state index contributed by atoms with van der Waals surface area (Å²) in [7, 11) is 1.61. The molecule has 6 heteroatoms. The summed E-state index contributed by atoms with van der Waals surface area (Å²) in [6, 6.07) is 3.43. The van der Waals surface area contributed by atoms with Crippen molar-refractivity contribution in [2.75, 3.05) is 18.9 Å². The maximum Gasteiger partial charge on any atom is 0.314 e. The molecule has 6 nitrogen and oxygen atoms in total. The Morgan fingerprint density at radius 3 is 2.48 bits per heavy atom. The highest BCUT2D eigenvalue weighted by Gasteiger charge is 2.26. The summed E-state index contributed by atoms with van der Waals surface area (Å²) in [5.74, 6) is 0.612. The third-order valence-electron chi connectivity index (χ3n) is 3.94. The van der Waals surface area contributed by atoms with E-state index < -0.39 is 0 Å². The van der Waals surface area contributed by atoms with Crippen LogP contribution in [0.3, 0.4) is 0 Å². The fourth-order valence-corrected chi connectivity index (χ4v) is 2.63. The molecular formula is C15H22N4O2. The molecule has 1 saturated carbocycles. The lowest BCUT2D eigenvalue weighted by molar-refractivity contribution is -0.121. The molecule has 1 fully saturated rings. The molecule has 1 aliphatic carbocycles. The summed E-state index contributed by atoms with van der Waals surface area (Å²) < 4.78 is 0. The Morgan fingerprint density at radius 2 is 1.86 bits per heavy atom. The van der Waals surface area contributed by atoms with Crippen LogP contribution in [0.4, 0.5) is 10.5 Å². The standard InChI is InChI=1S/C15H22N4O2/c1-16-15(21)18-10-11-2-4-12(5-3-11)14(20)19-13-6-8-17-9-7-13/h6-9,11-12H,2-5,10H2,1H3,(H2,16,18,21)(H,17,19,20). The predicted octanol–water partition coefficient (Wildman–Crippen LogP) is 1.76. The summed E-state index contributed by atoms with van der Waals surface area (Å²) in [4.78, 5) is 27.2. The average molecular weight is 290 g/mol. The quantitative estimate of drug-likeness (QED) is 0.790. The summed E-state index contributed by atoms with van der Waals surface area (Å²) in [5.41, 5.74) is 0.790. The zero-order chi connectivity index (χ0) is 15.1. The van der Waals surface area contributed by atoms with Crippen molar-refractivity contribution in [2.45, 2.75) is 25.7 Å². The van der Waals surface area contributed by atoms with E-state index in [1.54, 1.807) is 31.6 Å². The highest BCUT2D eigenvalue weighted by molar-refractivity contribution is 5.92. The number of hydrogen-bond donors (Lipinski definition) is 3. The molecule has 3 amide bonds. The lowest BCUT2D eigenvalue weighted by atomic mass is 9.81. The van der Waals surface area contributed by atoms with Crippen LogP contribution in [0.1, 0.15) is 25.7 Å². The molecule has 3 N–H and O–H groups in total. The van der Waals surface area contributed by atoms with Gasteiger partial charge in [0, 0.05) is 37.6 Å². The van der Waals surface area contributed by atoms with Gasteiger partial charge in [-0.1, -0.05) is 0 Å². The number of urea groups is 1. The van der Waals surface area contributed by atoms with Gasteiger partial charge in [-0.15, -0.1) is 0 Å².